The minimum atomic E-state index is -2.00. The third kappa shape index (κ3) is 3.66. The molecule has 11 nitrogen and oxygen atoms in total. The van der Waals surface area contributed by atoms with Crippen molar-refractivity contribution in [3.8, 4) is 23.0 Å². The van der Waals surface area contributed by atoms with E-state index in [0.29, 0.717) is 17.0 Å². The van der Waals surface area contributed by atoms with Gasteiger partial charge in [0, 0.05) is 48.7 Å². The van der Waals surface area contributed by atoms with Crippen LogP contribution in [0.25, 0.3) is 10.8 Å². The van der Waals surface area contributed by atoms with Crippen LogP contribution in [-0.2, 0) is 18.9 Å². The molecular weight excluding hydrogens is 614 g/mol. The maximum absolute atomic E-state index is 15.2. The van der Waals surface area contributed by atoms with Gasteiger partial charge in [-0.2, -0.15) is 0 Å². The van der Waals surface area contributed by atoms with Gasteiger partial charge in [-0.3, -0.25) is 23.5 Å². The molecule has 4 aromatic rings. The summed E-state index contributed by atoms with van der Waals surface area (Å²) in [6, 6.07) is 12.6. The first-order chi connectivity index (χ1) is 22.0. The molecule has 0 fully saturated rings. The second-order valence-corrected chi connectivity index (χ2v) is 12.1. The largest absolute Gasteiger partial charge is 0.496 e. The summed E-state index contributed by atoms with van der Waals surface area (Å²) in [5.74, 6) is -1.59. The fraction of sp³-hybridized carbons (Fsp3) is 0.294. The number of ether oxygens (including phenoxy) is 4. The summed E-state index contributed by atoms with van der Waals surface area (Å²) in [4.78, 5) is 56.8. The van der Waals surface area contributed by atoms with E-state index in [0.717, 1.165) is 15.3 Å². The van der Waals surface area contributed by atoms with Crippen molar-refractivity contribution in [2.24, 2.45) is 20.0 Å². The number of Topliss-reactive ketones (excluding diaryl/α,β-unsaturated/α-hetero) is 2. The molecule has 3 aliphatic rings. The Morgan fingerprint density at radius 2 is 1.57 bits per heavy atom. The normalized spacial score (nSPS) is 21.5. The Balaban J connectivity index is 1.53. The number of anilines is 1. The van der Waals surface area contributed by atoms with Gasteiger partial charge in [0.1, 0.15) is 33.7 Å². The summed E-state index contributed by atoms with van der Waals surface area (Å²) in [6.07, 6.45) is 0.186. The first-order valence-corrected chi connectivity index (χ1v) is 15.0. The van der Waals surface area contributed by atoms with Crippen LogP contribution >= 0.6 is 11.6 Å². The van der Waals surface area contributed by atoms with Gasteiger partial charge >= 0.3 is 5.69 Å². The summed E-state index contributed by atoms with van der Waals surface area (Å²) in [5.41, 5.74) is -1.55. The lowest BCUT2D eigenvalue weighted by atomic mass is 9.65. The highest BCUT2D eigenvalue weighted by molar-refractivity contribution is 6.36. The second-order valence-electron chi connectivity index (χ2n) is 11.7. The molecule has 0 saturated carbocycles. The molecule has 1 aromatic heterocycles. The Morgan fingerprint density at radius 3 is 2.24 bits per heavy atom. The Kier molecular flexibility index (Phi) is 6.61. The molecule has 0 saturated heterocycles. The molecule has 1 unspecified atom stereocenters. The van der Waals surface area contributed by atoms with Crippen molar-refractivity contribution < 1.29 is 28.5 Å². The smallest absolute Gasteiger partial charge is 0.332 e. The maximum atomic E-state index is 15.2. The number of hydrogen-bond acceptors (Lipinski definition) is 9. The molecule has 3 aromatic carbocycles. The van der Waals surface area contributed by atoms with Gasteiger partial charge in [0.05, 0.1) is 26.9 Å². The minimum Gasteiger partial charge on any atom is -0.496 e. The zero-order valence-corrected chi connectivity index (χ0v) is 26.7. The third-order valence-corrected chi connectivity index (χ3v) is 9.88. The van der Waals surface area contributed by atoms with E-state index < -0.39 is 40.3 Å². The van der Waals surface area contributed by atoms with Gasteiger partial charge in [-0.1, -0.05) is 48.9 Å². The number of allylic oxidation sites excluding steroid dienone is 1. The molecule has 0 radical (unpaired) electrons. The van der Waals surface area contributed by atoms with Crippen LogP contribution in [0, 0.1) is 5.92 Å². The number of carbonyl (C=O) groups excluding carboxylic acids is 2. The molecule has 1 aliphatic carbocycles. The maximum Gasteiger partial charge on any atom is 0.332 e. The number of hydrogen-bond donors (Lipinski definition) is 1. The molecule has 0 bridgehead atoms. The molecule has 7 rings (SSSR count). The van der Waals surface area contributed by atoms with Gasteiger partial charge in [-0.05, 0) is 23.4 Å². The number of benzene rings is 3. The number of halogens is 1. The lowest BCUT2D eigenvalue weighted by Crippen LogP contribution is -2.58. The number of rotatable bonds is 4. The van der Waals surface area contributed by atoms with E-state index in [1.807, 2.05) is 30.3 Å². The van der Waals surface area contributed by atoms with Crippen molar-refractivity contribution in [2.75, 3.05) is 26.6 Å². The number of carbonyl (C=O) groups is 2. The SMILES string of the molecule is COc1cc(OC)c2c(c1Cl)O[C@@]1(C(=O)C3=C(C[C@H]1C)Nc1c(c(=O)n(C)c(=O)n1C)C3c1ccc(OC)c3ccccc13)C2=O. The summed E-state index contributed by atoms with van der Waals surface area (Å²) in [7, 11) is 7.36. The summed E-state index contributed by atoms with van der Waals surface area (Å²) in [5, 5.41) is 4.79. The monoisotopic (exact) mass is 643 g/mol. The molecule has 46 heavy (non-hydrogen) atoms. The number of fused-ring (bicyclic) bond motifs is 3. The molecule has 3 atom stereocenters. The van der Waals surface area contributed by atoms with Crippen LogP contribution in [0.1, 0.15) is 40.7 Å². The van der Waals surface area contributed by atoms with E-state index in [2.05, 4.69) is 5.32 Å². The van der Waals surface area contributed by atoms with Crippen LogP contribution in [0.5, 0.6) is 23.0 Å². The van der Waals surface area contributed by atoms with Gasteiger partial charge in [0.15, 0.2) is 5.75 Å². The average molecular weight is 644 g/mol. The Morgan fingerprint density at radius 1 is 0.891 bits per heavy atom. The highest BCUT2D eigenvalue weighted by Crippen LogP contribution is 2.56. The van der Waals surface area contributed by atoms with Crippen LogP contribution in [0.4, 0.5) is 5.82 Å². The van der Waals surface area contributed by atoms with Gasteiger partial charge in [-0.15, -0.1) is 0 Å². The number of nitrogens with one attached hydrogen (secondary N) is 1. The van der Waals surface area contributed by atoms with Crippen LogP contribution in [0.15, 0.2) is 63.3 Å². The van der Waals surface area contributed by atoms with E-state index in [1.165, 1.54) is 31.9 Å². The van der Waals surface area contributed by atoms with Crippen LogP contribution in [-0.4, -0.2) is 47.6 Å². The summed E-state index contributed by atoms with van der Waals surface area (Å²) in [6.45, 7) is 1.75. The number of nitrogens with zero attached hydrogens (tertiary/aromatic N) is 2. The Labute approximate surface area is 267 Å². The van der Waals surface area contributed by atoms with Gasteiger partial charge in [-0.25, -0.2) is 4.79 Å². The Hall–Kier alpha value is -5.03. The highest BCUT2D eigenvalue weighted by atomic mass is 35.5. The lowest BCUT2D eigenvalue weighted by molar-refractivity contribution is -0.130. The predicted molar refractivity (Wildman–Crippen MR) is 171 cm³/mol. The van der Waals surface area contributed by atoms with Crippen molar-refractivity contribution in [3.63, 3.8) is 0 Å². The van der Waals surface area contributed by atoms with Crippen molar-refractivity contribution in [3.05, 3.63) is 96.3 Å². The molecule has 0 amide bonds. The molecular formula is C34H30ClN3O8. The number of aromatic nitrogens is 2. The molecule has 3 heterocycles. The zero-order valence-electron chi connectivity index (χ0n) is 25.9. The quantitative estimate of drug-likeness (QED) is 0.323. The minimum absolute atomic E-state index is 0.000966. The third-order valence-electron chi connectivity index (χ3n) is 9.52. The molecule has 1 spiro atoms. The summed E-state index contributed by atoms with van der Waals surface area (Å²) < 4.78 is 25.4. The van der Waals surface area contributed by atoms with E-state index in [9.17, 15) is 14.4 Å². The van der Waals surface area contributed by atoms with Crippen LogP contribution < -0.4 is 35.5 Å². The van der Waals surface area contributed by atoms with E-state index in [1.54, 1.807) is 27.1 Å². The topological polar surface area (TPSA) is 127 Å². The highest BCUT2D eigenvalue weighted by Gasteiger charge is 2.64. The average Bonchev–Trinajstić information content (AvgIpc) is 3.38. The summed E-state index contributed by atoms with van der Waals surface area (Å²) >= 11 is 6.66. The van der Waals surface area contributed by atoms with Gasteiger partial charge in [0.25, 0.3) is 5.56 Å². The van der Waals surface area contributed by atoms with Gasteiger partial charge < -0.3 is 24.3 Å². The van der Waals surface area contributed by atoms with Crippen LogP contribution in [0.3, 0.4) is 0 Å². The van der Waals surface area contributed by atoms with Crippen LogP contribution in [0.2, 0.25) is 5.02 Å². The van der Waals surface area contributed by atoms with Crippen molar-refractivity contribution in [1.82, 2.24) is 9.13 Å². The second kappa shape index (κ2) is 10.2. The van der Waals surface area contributed by atoms with Crippen molar-refractivity contribution >= 4 is 39.8 Å². The predicted octanol–water partition coefficient (Wildman–Crippen LogP) is 4.35. The van der Waals surface area contributed by atoms with E-state index in [4.69, 9.17) is 30.5 Å². The fourth-order valence-corrected chi connectivity index (χ4v) is 7.49. The Bertz CT molecular complexity index is 2200. The number of methoxy groups -OCH3 is 3. The molecule has 1 N–H and O–H groups in total. The lowest BCUT2D eigenvalue weighted by Gasteiger charge is -2.42. The van der Waals surface area contributed by atoms with Gasteiger partial charge in [0.2, 0.25) is 17.2 Å². The molecule has 12 heteroatoms. The first-order valence-electron chi connectivity index (χ1n) is 14.6. The molecule has 2 aliphatic heterocycles. The van der Waals surface area contributed by atoms with E-state index in [-0.39, 0.29) is 51.2 Å². The fourth-order valence-electron chi connectivity index (χ4n) is 7.22. The zero-order chi connectivity index (χ0) is 32.8. The molecule has 236 valence electrons. The first kappa shape index (κ1) is 29.7. The van der Waals surface area contributed by atoms with Crippen molar-refractivity contribution in [1.29, 1.82) is 0 Å². The van der Waals surface area contributed by atoms with Crippen molar-refractivity contribution in [2.45, 2.75) is 24.9 Å². The standard InChI is InChI=1S/C34H30ClN3O8/c1-15-13-19-24(29(39)34(15)30(40)25-21(44-5)14-22(45-6)27(35)28(25)46-34)23(26-31(36-19)37(2)33(42)38(3)32(26)41)18-11-12-20(43-4)17-10-8-7-9-16(17)18/h7-12,14-15,23,36H,13H2,1-6H3/t15-,23?,34+/m1/s1. The van der Waals surface area contributed by atoms with E-state index >= 15 is 4.79 Å². The number of ketones is 2.